The first-order valence-corrected chi connectivity index (χ1v) is 9.63. The molecule has 5 atom stereocenters. The van der Waals surface area contributed by atoms with Crippen LogP contribution in [-0.4, -0.2) is 64.7 Å². The summed E-state index contributed by atoms with van der Waals surface area (Å²) >= 11 is 0. The molecule has 2 heterocycles. The number of urea groups is 1. The topological polar surface area (TPSA) is 221 Å². The average Bonchev–Trinajstić information content (AvgIpc) is 2.71. The number of phosphoric acid groups is 2. The average molecular weight is 472 g/mol. The van der Waals surface area contributed by atoms with Gasteiger partial charge >= 0.3 is 94.7 Å². The predicted octanol–water partition coefficient (Wildman–Crippen LogP) is -13.3. The van der Waals surface area contributed by atoms with E-state index in [0.29, 0.717) is 0 Å². The van der Waals surface area contributed by atoms with Crippen molar-refractivity contribution in [1.29, 1.82) is 0 Å². The number of hydrogen-bond donors (Lipinski definition) is 3. The molecule has 0 spiro atoms. The third-order valence-electron chi connectivity index (χ3n) is 3.33. The van der Waals surface area contributed by atoms with Gasteiger partial charge in [-0.25, -0.2) is 4.79 Å². The molecule has 2 rings (SSSR count). The molecule has 144 valence electrons. The summed E-state index contributed by atoms with van der Waals surface area (Å²) < 4.78 is 33.9. The summed E-state index contributed by atoms with van der Waals surface area (Å²) in [5.41, 5.74) is 0. The number of amides is 3. The van der Waals surface area contributed by atoms with Crippen LogP contribution in [0.5, 0.6) is 0 Å². The normalized spacial score (nSPS) is 29.7. The molecule has 3 N–H and O–H groups in total. The number of nitrogens with zero attached hydrogens (tertiary/aromatic N) is 1. The molecule has 28 heavy (non-hydrogen) atoms. The van der Waals surface area contributed by atoms with E-state index in [1.807, 2.05) is 5.32 Å². The molecule has 2 aliphatic heterocycles. The van der Waals surface area contributed by atoms with Gasteiger partial charge in [-0.1, -0.05) is 0 Å². The molecule has 0 aromatic carbocycles. The molecule has 0 aromatic heterocycles. The minimum absolute atomic E-state index is 0. The van der Waals surface area contributed by atoms with E-state index in [-0.39, 0.29) is 102 Å². The van der Waals surface area contributed by atoms with Gasteiger partial charge in [-0.3, -0.25) is 23.9 Å². The Morgan fingerprint density at radius 1 is 1.14 bits per heavy atom. The summed E-state index contributed by atoms with van der Waals surface area (Å²) in [5, 5.41) is 21.7. The number of imide groups is 1. The standard InChI is InChI=1S/C9H16N2O12P2.3Na/c12-5-1-2-11(9(15)10-5)8-7(14)6(13)4(22-8)3-21-25(19,20)23-24(16,17)18;;;/h4,6-8,13-14H,1-3H2,(H,19,20)(H,10,12,15)(H2,16,17,18);;;/q;3*+1/p-3. The van der Waals surface area contributed by atoms with Gasteiger partial charge in [-0.2, -0.15) is 0 Å². The van der Waals surface area contributed by atoms with E-state index in [1.165, 1.54) is 0 Å². The number of nitrogens with one attached hydrogen (secondary N) is 1. The van der Waals surface area contributed by atoms with Crippen LogP contribution in [0.2, 0.25) is 0 Å². The molecule has 5 unspecified atom stereocenters. The van der Waals surface area contributed by atoms with Crippen molar-refractivity contribution in [2.24, 2.45) is 0 Å². The van der Waals surface area contributed by atoms with Crippen LogP contribution in [0.15, 0.2) is 0 Å². The van der Waals surface area contributed by atoms with Gasteiger partial charge in [0.05, 0.1) is 14.4 Å². The van der Waals surface area contributed by atoms with Crippen LogP contribution < -0.4 is 109 Å². The van der Waals surface area contributed by atoms with Crippen molar-refractivity contribution in [1.82, 2.24) is 10.2 Å². The van der Waals surface area contributed by atoms with Gasteiger partial charge < -0.3 is 38.7 Å². The number of aliphatic hydroxyl groups is 2. The Bertz CT molecular complexity index is 650. The van der Waals surface area contributed by atoms with Gasteiger partial charge in [-0.15, -0.1) is 0 Å². The SMILES string of the molecule is O=C1CCN(C2OC(COP(=O)([O-])OP(=O)([O-])[O-])C(O)C2O)C(=O)N1.[Na+].[Na+].[Na+]. The second-order valence-electron chi connectivity index (χ2n) is 5.11. The molecule has 0 saturated carbocycles. The third-order valence-corrected chi connectivity index (χ3v) is 5.39. The Hall–Kier alpha value is 2.08. The van der Waals surface area contributed by atoms with Gasteiger partial charge in [-0.05, 0) is 0 Å². The van der Waals surface area contributed by atoms with Gasteiger partial charge in [0.2, 0.25) is 5.91 Å². The zero-order valence-corrected chi connectivity index (χ0v) is 23.0. The summed E-state index contributed by atoms with van der Waals surface area (Å²) in [6.07, 6.45) is -6.35. The van der Waals surface area contributed by atoms with Gasteiger partial charge in [0.15, 0.2) is 6.23 Å². The number of carbonyl (C=O) groups is 2. The van der Waals surface area contributed by atoms with E-state index in [2.05, 4.69) is 8.83 Å². The molecule has 0 aliphatic carbocycles. The van der Waals surface area contributed by atoms with Crippen molar-refractivity contribution >= 4 is 27.6 Å². The van der Waals surface area contributed by atoms with Crippen LogP contribution >= 0.6 is 15.6 Å². The van der Waals surface area contributed by atoms with Gasteiger partial charge in [0.1, 0.15) is 18.3 Å². The second-order valence-corrected chi connectivity index (χ2v) is 7.82. The number of phosphoric ester groups is 1. The zero-order valence-electron chi connectivity index (χ0n) is 15.2. The van der Waals surface area contributed by atoms with Crippen LogP contribution in [0.4, 0.5) is 4.79 Å². The van der Waals surface area contributed by atoms with Crippen LogP contribution in [0.3, 0.4) is 0 Å². The first kappa shape index (κ1) is 32.3. The molecule has 0 bridgehead atoms. The van der Waals surface area contributed by atoms with E-state index in [0.717, 1.165) is 4.90 Å². The van der Waals surface area contributed by atoms with E-state index < -0.39 is 58.7 Å². The maximum atomic E-state index is 11.7. The fourth-order valence-electron chi connectivity index (χ4n) is 2.26. The molecule has 2 aliphatic rings. The molecule has 14 nitrogen and oxygen atoms in total. The first-order valence-electron chi connectivity index (χ1n) is 6.71. The molecule has 0 radical (unpaired) electrons. The monoisotopic (exact) mass is 472 g/mol. The Balaban J connectivity index is 0. The molecule has 3 amide bonds. The Morgan fingerprint density at radius 3 is 2.21 bits per heavy atom. The van der Waals surface area contributed by atoms with E-state index in [1.54, 1.807) is 0 Å². The summed E-state index contributed by atoms with van der Waals surface area (Å²) in [7, 11) is -11.4. The molecular formula is C9H13N2Na3O12P2. The van der Waals surface area contributed by atoms with Crippen molar-refractivity contribution in [2.45, 2.75) is 31.0 Å². The van der Waals surface area contributed by atoms with Crippen LogP contribution in [-0.2, 0) is 27.5 Å². The number of hydrogen-bond acceptors (Lipinski definition) is 12. The number of aliphatic hydroxyl groups excluding tert-OH is 2. The number of ether oxygens (including phenoxy) is 1. The van der Waals surface area contributed by atoms with Crippen molar-refractivity contribution in [2.75, 3.05) is 13.2 Å². The summed E-state index contributed by atoms with van der Waals surface area (Å²) in [4.78, 5) is 55.4. The quantitative estimate of drug-likeness (QED) is 0.242. The van der Waals surface area contributed by atoms with Gasteiger partial charge in [0.25, 0.3) is 7.82 Å². The zero-order chi connectivity index (χ0) is 19.0. The molecule has 0 aromatic rings. The maximum Gasteiger partial charge on any atom is 1.00 e. The minimum Gasteiger partial charge on any atom is -0.790 e. The molecule has 19 heteroatoms. The largest absolute Gasteiger partial charge is 1.00 e. The van der Waals surface area contributed by atoms with Crippen LogP contribution in [0.25, 0.3) is 0 Å². The van der Waals surface area contributed by atoms with Crippen molar-refractivity contribution in [3.63, 3.8) is 0 Å². The fraction of sp³-hybridized carbons (Fsp3) is 0.778. The van der Waals surface area contributed by atoms with E-state index in [9.17, 15) is 43.6 Å². The molecule has 2 saturated heterocycles. The second kappa shape index (κ2) is 12.9. The molecule has 2 fully saturated rings. The summed E-state index contributed by atoms with van der Waals surface area (Å²) in [6, 6.07) is -0.884. The Kier molecular flexibility index (Phi) is 14.9. The van der Waals surface area contributed by atoms with Crippen LogP contribution in [0.1, 0.15) is 6.42 Å². The maximum absolute atomic E-state index is 11.7. The van der Waals surface area contributed by atoms with Crippen molar-refractivity contribution in [3.8, 4) is 0 Å². The molecular weight excluding hydrogens is 459 g/mol. The fourth-order valence-corrected chi connectivity index (χ4v) is 3.75. The Labute approximate surface area is 225 Å². The van der Waals surface area contributed by atoms with Crippen LogP contribution in [0, 0.1) is 0 Å². The smallest absolute Gasteiger partial charge is 0.790 e. The number of carbonyl (C=O) groups excluding carboxylic acids is 2. The van der Waals surface area contributed by atoms with Crippen molar-refractivity contribution in [3.05, 3.63) is 0 Å². The van der Waals surface area contributed by atoms with E-state index >= 15 is 0 Å². The Morgan fingerprint density at radius 2 is 1.71 bits per heavy atom. The predicted molar refractivity (Wildman–Crippen MR) is 67.8 cm³/mol. The van der Waals surface area contributed by atoms with E-state index in [4.69, 9.17) is 4.74 Å². The number of rotatable bonds is 6. The summed E-state index contributed by atoms with van der Waals surface area (Å²) in [6.45, 7) is -1.12. The minimum atomic E-state index is -5.87. The van der Waals surface area contributed by atoms with Gasteiger partial charge in [0, 0.05) is 13.0 Å². The van der Waals surface area contributed by atoms with Crippen molar-refractivity contribution < 1.29 is 146 Å². The third kappa shape index (κ3) is 9.29. The first-order chi connectivity index (χ1) is 11.4. The summed E-state index contributed by atoms with van der Waals surface area (Å²) in [5.74, 6) is -0.543.